The molecule has 0 aliphatic carbocycles. The van der Waals surface area contributed by atoms with Crippen molar-refractivity contribution in [2.45, 2.75) is 26.4 Å². The van der Waals surface area contributed by atoms with Crippen LogP contribution in [0.4, 0.5) is 0 Å². The van der Waals surface area contributed by atoms with Gasteiger partial charge in [-0.1, -0.05) is 23.7 Å². The van der Waals surface area contributed by atoms with Gasteiger partial charge in [0, 0.05) is 11.4 Å². The van der Waals surface area contributed by atoms with Crippen LogP contribution in [0, 0.1) is 13.8 Å². The summed E-state index contributed by atoms with van der Waals surface area (Å²) in [4.78, 5) is 0. The standard InChI is InChI=1S/C17H17ClO2/c1-10-8-15(18)11(2)7-14(10)17(19)13-3-4-16-12(9-13)5-6-20-16/h3-4,7-9,17,19H,5-6H2,1-2H3. The molecule has 0 fully saturated rings. The van der Waals surface area contributed by atoms with E-state index >= 15 is 0 Å². The Kier molecular flexibility index (Phi) is 3.45. The second-order valence-electron chi connectivity index (χ2n) is 5.33. The number of aryl methyl sites for hydroxylation is 2. The number of ether oxygens (including phenoxy) is 1. The third kappa shape index (κ3) is 2.30. The average Bonchev–Trinajstić information content (AvgIpc) is 2.89. The van der Waals surface area contributed by atoms with Crippen LogP contribution >= 0.6 is 11.6 Å². The molecular weight excluding hydrogens is 272 g/mol. The summed E-state index contributed by atoms with van der Waals surface area (Å²) in [5.41, 5.74) is 4.97. The lowest BCUT2D eigenvalue weighted by atomic mass is 9.94. The Labute approximate surface area is 124 Å². The van der Waals surface area contributed by atoms with Gasteiger partial charge in [0.1, 0.15) is 11.9 Å². The van der Waals surface area contributed by atoms with Crippen LogP contribution in [0.2, 0.25) is 5.02 Å². The minimum atomic E-state index is -0.628. The van der Waals surface area contributed by atoms with Crippen molar-refractivity contribution in [2.75, 3.05) is 6.61 Å². The van der Waals surface area contributed by atoms with E-state index in [1.54, 1.807) is 0 Å². The number of benzene rings is 2. The molecule has 0 bridgehead atoms. The Hall–Kier alpha value is -1.51. The number of rotatable bonds is 2. The monoisotopic (exact) mass is 288 g/mol. The molecule has 2 aromatic carbocycles. The predicted molar refractivity (Wildman–Crippen MR) is 80.6 cm³/mol. The van der Waals surface area contributed by atoms with Gasteiger partial charge in [-0.25, -0.2) is 0 Å². The third-order valence-corrected chi connectivity index (χ3v) is 4.28. The van der Waals surface area contributed by atoms with Gasteiger partial charge in [0.05, 0.1) is 6.61 Å². The second kappa shape index (κ2) is 5.12. The Morgan fingerprint density at radius 2 is 1.95 bits per heavy atom. The van der Waals surface area contributed by atoms with Crippen LogP contribution in [0.15, 0.2) is 30.3 Å². The Morgan fingerprint density at radius 1 is 1.15 bits per heavy atom. The van der Waals surface area contributed by atoms with Crippen molar-refractivity contribution in [1.82, 2.24) is 0 Å². The summed E-state index contributed by atoms with van der Waals surface area (Å²) in [6, 6.07) is 9.78. The van der Waals surface area contributed by atoms with Gasteiger partial charge >= 0.3 is 0 Å². The van der Waals surface area contributed by atoms with Crippen molar-refractivity contribution in [3.63, 3.8) is 0 Å². The van der Waals surface area contributed by atoms with E-state index in [9.17, 15) is 5.11 Å². The van der Waals surface area contributed by atoms with Crippen LogP contribution in [0.25, 0.3) is 0 Å². The van der Waals surface area contributed by atoms with Crippen molar-refractivity contribution in [2.24, 2.45) is 0 Å². The van der Waals surface area contributed by atoms with Gasteiger partial charge in [-0.05, 0) is 59.9 Å². The highest BCUT2D eigenvalue weighted by Gasteiger charge is 2.18. The molecule has 1 heterocycles. The normalized spacial score (nSPS) is 14.8. The first-order valence-corrected chi connectivity index (χ1v) is 7.14. The maximum atomic E-state index is 10.6. The Bertz CT molecular complexity index is 664. The molecule has 0 radical (unpaired) electrons. The highest BCUT2D eigenvalue weighted by atomic mass is 35.5. The largest absolute Gasteiger partial charge is 0.493 e. The van der Waals surface area contributed by atoms with E-state index in [-0.39, 0.29) is 0 Å². The van der Waals surface area contributed by atoms with Gasteiger partial charge < -0.3 is 9.84 Å². The van der Waals surface area contributed by atoms with Gasteiger partial charge in [-0.2, -0.15) is 0 Å². The summed E-state index contributed by atoms with van der Waals surface area (Å²) in [5.74, 6) is 0.935. The molecular formula is C17H17ClO2. The van der Waals surface area contributed by atoms with E-state index in [0.717, 1.165) is 46.1 Å². The average molecular weight is 289 g/mol. The van der Waals surface area contributed by atoms with E-state index in [1.165, 1.54) is 5.56 Å². The molecule has 3 heteroatoms. The zero-order valence-corrected chi connectivity index (χ0v) is 12.4. The van der Waals surface area contributed by atoms with Crippen LogP contribution in [0.1, 0.15) is 33.9 Å². The summed E-state index contributed by atoms with van der Waals surface area (Å²) in [7, 11) is 0. The summed E-state index contributed by atoms with van der Waals surface area (Å²) >= 11 is 6.12. The van der Waals surface area contributed by atoms with Gasteiger partial charge in [-0.3, -0.25) is 0 Å². The van der Waals surface area contributed by atoms with Crippen molar-refractivity contribution in [3.8, 4) is 5.75 Å². The van der Waals surface area contributed by atoms with Crippen LogP contribution in [-0.2, 0) is 6.42 Å². The van der Waals surface area contributed by atoms with E-state index in [0.29, 0.717) is 0 Å². The lowest BCUT2D eigenvalue weighted by Gasteiger charge is -2.16. The molecule has 1 unspecified atom stereocenters. The fourth-order valence-electron chi connectivity index (χ4n) is 2.65. The topological polar surface area (TPSA) is 29.5 Å². The molecule has 20 heavy (non-hydrogen) atoms. The fraction of sp³-hybridized carbons (Fsp3) is 0.294. The first kappa shape index (κ1) is 13.5. The van der Waals surface area contributed by atoms with Crippen molar-refractivity contribution in [3.05, 3.63) is 63.2 Å². The fourth-order valence-corrected chi connectivity index (χ4v) is 2.87. The minimum absolute atomic E-state index is 0.628. The molecule has 3 rings (SSSR count). The van der Waals surface area contributed by atoms with Gasteiger partial charge in [0.25, 0.3) is 0 Å². The number of hydrogen-bond acceptors (Lipinski definition) is 2. The number of hydrogen-bond donors (Lipinski definition) is 1. The first-order chi connectivity index (χ1) is 9.56. The Morgan fingerprint density at radius 3 is 2.75 bits per heavy atom. The third-order valence-electron chi connectivity index (χ3n) is 3.87. The second-order valence-corrected chi connectivity index (χ2v) is 5.73. The SMILES string of the molecule is Cc1cc(C(O)c2ccc3c(c2)CCO3)c(C)cc1Cl. The van der Waals surface area contributed by atoms with E-state index in [2.05, 4.69) is 0 Å². The lowest BCUT2D eigenvalue weighted by molar-refractivity contribution is 0.219. The summed E-state index contributed by atoms with van der Waals surface area (Å²) < 4.78 is 5.50. The van der Waals surface area contributed by atoms with Crippen LogP contribution in [0.5, 0.6) is 5.75 Å². The molecule has 0 spiro atoms. The number of aliphatic hydroxyl groups is 1. The lowest BCUT2D eigenvalue weighted by Crippen LogP contribution is -2.03. The van der Waals surface area contributed by atoms with Crippen molar-refractivity contribution in [1.29, 1.82) is 0 Å². The smallest absolute Gasteiger partial charge is 0.122 e. The first-order valence-electron chi connectivity index (χ1n) is 6.76. The van der Waals surface area contributed by atoms with Crippen molar-refractivity contribution < 1.29 is 9.84 Å². The quantitative estimate of drug-likeness (QED) is 0.906. The number of fused-ring (bicyclic) bond motifs is 1. The zero-order chi connectivity index (χ0) is 14.3. The summed E-state index contributed by atoms with van der Waals surface area (Å²) in [6.45, 7) is 4.66. The van der Waals surface area contributed by atoms with Gasteiger partial charge in [0.2, 0.25) is 0 Å². The van der Waals surface area contributed by atoms with E-state index in [1.807, 2.05) is 44.2 Å². The summed E-state index contributed by atoms with van der Waals surface area (Å²) in [5, 5.41) is 11.4. The molecule has 0 aromatic heterocycles. The maximum Gasteiger partial charge on any atom is 0.122 e. The number of aliphatic hydroxyl groups excluding tert-OH is 1. The maximum absolute atomic E-state index is 10.6. The molecule has 0 amide bonds. The molecule has 1 aliphatic rings. The van der Waals surface area contributed by atoms with E-state index < -0.39 is 6.10 Å². The zero-order valence-electron chi connectivity index (χ0n) is 11.6. The molecule has 1 atom stereocenters. The molecule has 2 nitrogen and oxygen atoms in total. The van der Waals surface area contributed by atoms with Crippen LogP contribution < -0.4 is 4.74 Å². The predicted octanol–water partition coefficient (Wildman–Crippen LogP) is 3.97. The minimum Gasteiger partial charge on any atom is -0.493 e. The van der Waals surface area contributed by atoms with Gasteiger partial charge in [-0.15, -0.1) is 0 Å². The van der Waals surface area contributed by atoms with Crippen molar-refractivity contribution >= 4 is 11.6 Å². The molecule has 0 saturated carbocycles. The molecule has 1 N–H and O–H groups in total. The number of halogens is 1. The molecule has 0 saturated heterocycles. The molecule has 104 valence electrons. The molecule has 1 aliphatic heterocycles. The highest BCUT2D eigenvalue weighted by molar-refractivity contribution is 6.31. The van der Waals surface area contributed by atoms with Crippen LogP contribution in [0.3, 0.4) is 0 Å². The van der Waals surface area contributed by atoms with Gasteiger partial charge in [0.15, 0.2) is 0 Å². The van der Waals surface area contributed by atoms with Crippen LogP contribution in [-0.4, -0.2) is 11.7 Å². The molecule has 2 aromatic rings. The summed E-state index contributed by atoms with van der Waals surface area (Å²) in [6.07, 6.45) is 0.283. The Balaban J connectivity index is 2.00. The van der Waals surface area contributed by atoms with E-state index in [4.69, 9.17) is 16.3 Å². The highest BCUT2D eigenvalue weighted by Crippen LogP contribution is 2.33.